The second-order valence-electron chi connectivity index (χ2n) is 8.62. The van der Waals surface area contributed by atoms with Gasteiger partial charge in [0.05, 0.1) is 35.0 Å². The number of nitrogens with zero attached hydrogens (tertiary/aromatic N) is 2. The van der Waals surface area contributed by atoms with Crippen LogP contribution in [0.1, 0.15) is 0 Å². The van der Waals surface area contributed by atoms with Gasteiger partial charge in [-0.2, -0.15) is 10.0 Å². The van der Waals surface area contributed by atoms with Crippen LogP contribution in [0.3, 0.4) is 0 Å². The molecular weight excluding hydrogens is 408 g/mol. The zero-order valence-corrected chi connectivity index (χ0v) is 16.9. The van der Waals surface area contributed by atoms with Crippen LogP contribution in [-0.2, 0) is 19.2 Å². The molecular formula is C24H20N4O4. The number of hydrogen-bond donors (Lipinski definition) is 2. The SMILES string of the molecule is O=C1[C@@H]2C3C=CC([C@H]2C(=O)N1Nc1ccccc1)[C@H]1C(=O)N(Nc2ccccc2)C(=O)[C@H]31. The number of allylic oxidation sites excluding steroid dienone is 2. The number of rotatable bonds is 4. The maximum Gasteiger partial charge on any atom is 0.252 e. The van der Waals surface area contributed by atoms with Crippen molar-refractivity contribution < 1.29 is 19.2 Å². The highest BCUT2D eigenvalue weighted by molar-refractivity contribution is 6.11. The van der Waals surface area contributed by atoms with Crippen LogP contribution < -0.4 is 10.9 Å². The Balaban J connectivity index is 1.31. The molecule has 2 heterocycles. The largest absolute Gasteiger partial charge is 0.289 e. The lowest BCUT2D eigenvalue weighted by atomic mass is 9.54. The fourth-order valence-electron chi connectivity index (χ4n) is 5.73. The highest BCUT2D eigenvalue weighted by Gasteiger charge is 2.69. The molecule has 2 saturated heterocycles. The van der Waals surface area contributed by atoms with Crippen molar-refractivity contribution in [1.82, 2.24) is 10.0 Å². The highest BCUT2D eigenvalue weighted by atomic mass is 16.2. The van der Waals surface area contributed by atoms with Gasteiger partial charge >= 0.3 is 0 Å². The van der Waals surface area contributed by atoms with E-state index in [9.17, 15) is 19.2 Å². The number of carbonyl (C=O) groups is 4. The first kappa shape index (κ1) is 18.8. The molecule has 32 heavy (non-hydrogen) atoms. The molecule has 2 aromatic rings. The average molecular weight is 428 g/mol. The third-order valence-corrected chi connectivity index (χ3v) is 7.04. The number of imide groups is 2. The molecule has 8 nitrogen and oxygen atoms in total. The van der Waals surface area contributed by atoms with Crippen LogP contribution in [0.2, 0.25) is 0 Å². The Kier molecular flexibility index (Phi) is 3.98. The molecule has 8 heteroatoms. The Labute approximate surface area is 183 Å². The van der Waals surface area contributed by atoms with E-state index in [4.69, 9.17) is 0 Å². The van der Waals surface area contributed by atoms with Crippen molar-refractivity contribution in [2.75, 3.05) is 10.9 Å². The van der Waals surface area contributed by atoms with E-state index in [0.717, 1.165) is 10.0 Å². The molecule has 5 aliphatic rings. The Morgan fingerprint density at radius 1 is 0.500 bits per heavy atom. The summed E-state index contributed by atoms with van der Waals surface area (Å²) in [5.41, 5.74) is 7.07. The number of anilines is 2. The van der Waals surface area contributed by atoms with E-state index in [2.05, 4.69) is 10.9 Å². The number of carbonyl (C=O) groups excluding carboxylic acids is 4. The van der Waals surface area contributed by atoms with Crippen LogP contribution >= 0.6 is 0 Å². The predicted octanol–water partition coefficient (Wildman–Crippen LogP) is 2.06. The Bertz CT molecular complexity index is 1030. The zero-order chi connectivity index (χ0) is 22.0. The summed E-state index contributed by atoms with van der Waals surface area (Å²) in [6.07, 6.45) is 3.70. The van der Waals surface area contributed by atoms with Crippen molar-refractivity contribution in [1.29, 1.82) is 0 Å². The summed E-state index contributed by atoms with van der Waals surface area (Å²) in [5, 5.41) is 2.13. The fraction of sp³-hybridized carbons (Fsp3) is 0.250. The quantitative estimate of drug-likeness (QED) is 0.571. The monoisotopic (exact) mass is 428 g/mol. The van der Waals surface area contributed by atoms with E-state index < -0.39 is 35.5 Å². The van der Waals surface area contributed by atoms with Gasteiger partial charge in [0.1, 0.15) is 0 Å². The number of benzene rings is 2. The van der Waals surface area contributed by atoms with Gasteiger partial charge in [-0.3, -0.25) is 30.0 Å². The normalized spacial score (nSPS) is 32.4. The average Bonchev–Trinajstić information content (AvgIpc) is 3.24. The Morgan fingerprint density at radius 2 is 0.812 bits per heavy atom. The van der Waals surface area contributed by atoms with E-state index in [0.29, 0.717) is 11.4 Å². The van der Waals surface area contributed by atoms with Crippen LogP contribution in [0.4, 0.5) is 11.4 Å². The van der Waals surface area contributed by atoms with Gasteiger partial charge in [-0.15, -0.1) is 0 Å². The minimum absolute atomic E-state index is 0.351. The first-order valence-corrected chi connectivity index (χ1v) is 10.6. The molecule has 160 valence electrons. The molecule has 2 bridgehead atoms. The highest BCUT2D eigenvalue weighted by Crippen LogP contribution is 2.57. The Hall–Kier alpha value is -3.94. The summed E-state index contributed by atoms with van der Waals surface area (Å²) in [6, 6.07) is 18.0. The summed E-state index contributed by atoms with van der Waals surface area (Å²) in [7, 11) is 0. The summed E-state index contributed by atoms with van der Waals surface area (Å²) in [5.74, 6) is -4.99. The van der Waals surface area contributed by atoms with Gasteiger partial charge in [-0.25, -0.2) is 0 Å². The van der Waals surface area contributed by atoms with Crippen LogP contribution in [0.5, 0.6) is 0 Å². The Morgan fingerprint density at radius 3 is 1.12 bits per heavy atom. The third kappa shape index (κ3) is 2.49. The molecule has 0 unspecified atom stereocenters. The topological polar surface area (TPSA) is 98.8 Å². The summed E-state index contributed by atoms with van der Waals surface area (Å²) in [4.78, 5) is 53.1. The molecule has 0 spiro atoms. The maximum atomic E-state index is 13.3. The molecule has 3 fully saturated rings. The first-order valence-electron chi connectivity index (χ1n) is 10.6. The van der Waals surface area contributed by atoms with E-state index in [1.807, 2.05) is 48.6 Å². The molecule has 0 radical (unpaired) electrons. The van der Waals surface area contributed by atoms with Gasteiger partial charge in [0, 0.05) is 11.8 Å². The molecule has 1 saturated carbocycles. The minimum Gasteiger partial charge on any atom is -0.289 e. The molecule has 2 N–H and O–H groups in total. The van der Waals surface area contributed by atoms with E-state index >= 15 is 0 Å². The summed E-state index contributed by atoms with van der Waals surface area (Å²) >= 11 is 0. The molecule has 2 aliphatic heterocycles. The van der Waals surface area contributed by atoms with Crippen molar-refractivity contribution in [2.24, 2.45) is 35.5 Å². The zero-order valence-electron chi connectivity index (χ0n) is 16.9. The van der Waals surface area contributed by atoms with Crippen LogP contribution in [0.15, 0.2) is 72.8 Å². The smallest absolute Gasteiger partial charge is 0.252 e. The molecule has 2 aromatic carbocycles. The van der Waals surface area contributed by atoms with Crippen LogP contribution in [-0.4, -0.2) is 33.6 Å². The lowest BCUT2D eigenvalue weighted by molar-refractivity contribution is -0.138. The number of amides is 4. The molecule has 7 rings (SSSR count). The minimum atomic E-state index is -0.650. The second kappa shape index (κ2) is 6.78. The van der Waals surface area contributed by atoms with Gasteiger partial charge in [0.25, 0.3) is 23.6 Å². The van der Waals surface area contributed by atoms with E-state index in [-0.39, 0.29) is 23.6 Å². The van der Waals surface area contributed by atoms with Crippen molar-refractivity contribution in [3.8, 4) is 0 Å². The van der Waals surface area contributed by atoms with Crippen molar-refractivity contribution in [3.63, 3.8) is 0 Å². The van der Waals surface area contributed by atoms with Gasteiger partial charge < -0.3 is 0 Å². The number of hydrazine groups is 2. The lowest BCUT2D eigenvalue weighted by Gasteiger charge is -2.44. The van der Waals surface area contributed by atoms with Gasteiger partial charge in [-0.05, 0) is 24.3 Å². The van der Waals surface area contributed by atoms with E-state index in [1.54, 1.807) is 24.3 Å². The van der Waals surface area contributed by atoms with Gasteiger partial charge in [0.2, 0.25) is 0 Å². The van der Waals surface area contributed by atoms with Crippen LogP contribution in [0.25, 0.3) is 0 Å². The molecule has 3 aliphatic carbocycles. The van der Waals surface area contributed by atoms with Crippen LogP contribution in [0, 0.1) is 35.5 Å². The van der Waals surface area contributed by atoms with Crippen molar-refractivity contribution >= 4 is 35.0 Å². The van der Waals surface area contributed by atoms with Crippen molar-refractivity contribution in [3.05, 3.63) is 72.8 Å². The summed E-state index contributed by atoms with van der Waals surface area (Å²) < 4.78 is 0. The standard InChI is InChI=1S/C24H20N4O4/c29-21-17-15-11-12-16(18(17)22(30)27(21)25-13-7-3-1-4-8-13)20-19(15)23(31)28(24(20)32)26-14-9-5-2-6-10-14/h1-12,15-20,25-26H/t15?,16?,17-,18-,19-,20-/m1/s1. The number of hydrogen-bond acceptors (Lipinski definition) is 6. The van der Waals surface area contributed by atoms with E-state index in [1.165, 1.54) is 0 Å². The number of nitrogens with one attached hydrogen (secondary N) is 2. The summed E-state index contributed by atoms with van der Waals surface area (Å²) in [6.45, 7) is 0. The van der Waals surface area contributed by atoms with Gasteiger partial charge in [0.15, 0.2) is 0 Å². The molecule has 4 atom stereocenters. The third-order valence-electron chi connectivity index (χ3n) is 7.04. The second-order valence-corrected chi connectivity index (χ2v) is 8.62. The molecule has 4 amide bonds. The maximum absolute atomic E-state index is 13.3. The predicted molar refractivity (Wildman–Crippen MR) is 114 cm³/mol. The fourth-order valence-corrected chi connectivity index (χ4v) is 5.73. The molecule has 0 aromatic heterocycles. The van der Waals surface area contributed by atoms with Crippen molar-refractivity contribution in [2.45, 2.75) is 0 Å². The number of para-hydroxylation sites is 2. The first-order chi connectivity index (χ1) is 15.6. The van der Waals surface area contributed by atoms with Gasteiger partial charge in [-0.1, -0.05) is 48.6 Å². The lowest BCUT2D eigenvalue weighted by Crippen LogP contribution is -2.50.